The molecule has 1 atom stereocenters. The number of carbonyl (C=O) groups is 1. The normalized spacial score (nSPS) is 17.2. The molecule has 132 valence electrons. The summed E-state index contributed by atoms with van der Waals surface area (Å²) in [6.07, 6.45) is 1.93. The number of likely N-dealkylation sites (tertiary alicyclic amines) is 1. The van der Waals surface area contributed by atoms with Gasteiger partial charge >= 0.3 is 6.03 Å². The number of nitrogens with zero attached hydrogens (tertiary/aromatic N) is 1. The van der Waals surface area contributed by atoms with E-state index in [9.17, 15) is 9.18 Å². The van der Waals surface area contributed by atoms with Crippen molar-refractivity contribution < 1.29 is 9.18 Å². The summed E-state index contributed by atoms with van der Waals surface area (Å²) in [7, 11) is 0. The lowest BCUT2D eigenvalue weighted by Crippen LogP contribution is -2.46. The minimum atomic E-state index is -0.419. The maximum Gasteiger partial charge on any atom is 0.321 e. The van der Waals surface area contributed by atoms with Crippen LogP contribution in [0.25, 0.3) is 0 Å². The number of hydrogen-bond donors (Lipinski definition) is 2. The van der Waals surface area contributed by atoms with Crippen LogP contribution >= 0.6 is 0 Å². The predicted octanol–water partition coefficient (Wildman–Crippen LogP) is 4.55. The van der Waals surface area contributed by atoms with E-state index in [1.54, 1.807) is 23.1 Å². The number of para-hydroxylation sites is 1. The van der Waals surface area contributed by atoms with E-state index < -0.39 is 5.82 Å². The van der Waals surface area contributed by atoms with Crippen LogP contribution in [0.4, 0.5) is 20.6 Å². The van der Waals surface area contributed by atoms with Crippen LogP contribution in [0.1, 0.15) is 24.0 Å². The number of piperidine rings is 1. The average molecular weight is 341 g/mol. The second-order valence-electron chi connectivity index (χ2n) is 6.64. The van der Waals surface area contributed by atoms with Gasteiger partial charge in [-0.1, -0.05) is 18.2 Å². The van der Waals surface area contributed by atoms with Gasteiger partial charge in [-0.2, -0.15) is 0 Å². The molecule has 0 spiro atoms. The second kappa shape index (κ2) is 7.55. The Balaban J connectivity index is 1.61. The molecule has 3 rings (SSSR count). The van der Waals surface area contributed by atoms with Crippen LogP contribution in [0.5, 0.6) is 0 Å². The number of rotatable bonds is 3. The second-order valence-corrected chi connectivity index (χ2v) is 6.64. The number of anilines is 2. The fourth-order valence-corrected chi connectivity index (χ4v) is 3.10. The van der Waals surface area contributed by atoms with Crippen molar-refractivity contribution in [2.75, 3.05) is 23.7 Å². The molecule has 1 fully saturated rings. The maximum absolute atomic E-state index is 13.7. The van der Waals surface area contributed by atoms with Crippen molar-refractivity contribution in [2.24, 2.45) is 0 Å². The Kier molecular flexibility index (Phi) is 5.22. The van der Waals surface area contributed by atoms with E-state index in [-0.39, 0.29) is 17.8 Å². The largest absolute Gasteiger partial charge is 0.381 e. The monoisotopic (exact) mass is 341 g/mol. The molecular weight excluding hydrogens is 317 g/mol. The van der Waals surface area contributed by atoms with Crippen molar-refractivity contribution in [1.29, 1.82) is 0 Å². The van der Waals surface area contributed by atoms with Gasteiger partial charge in [-0.25, -0.2) is 9.18 Å². The molecule has 2 aromatic carbocycles. The van der Waals surface area contributed by atoms with Crippen LogP contribution in [0, 0.1) is 19.7 Å². The van der Waals surface area contributed by atoms with Gasteiger partial charge in [-0.15, -0.1) is 0 Å². The zero-order valence-corrected chi connectivity index (χ0v) is 14.7. The summed E-state index contributed by atoms with van der Waals surface area (Å²) < 4.78 is 13.7. The highest BCUT2D eigenvalue weighted by molar-refractivity contribution is 5.89. The summed E-state index contributed by atoms with van der Waals surface area (Å²) in [6.45, 7) is 5.47. The highest BCUT2D eigenvalue weighted by Gasteiger charge is 2.24. The average Bonchev–Trinajstić information content (AvgIpc) is 2.60. The number of urea groups is 1. The SMILES string of the molecule is Cc1ccc(N[C@@H]2CCCN(C(=O)Nc3ccccc3F)C2)cc1C. The first-order chi connectivity index (χ1) is 12.0. The molecule has 2 amide bonds. The summed E-state index contributed by atoms with van der Waals surface area (Å²) in [6, 6.07) is 12.5. The van der Waals surface area contributed by atoms with Gasteiger partial charge < -0.3 is 15.5 Å². The quantitative estimate of drug-likeness (QED) is 0.860. The first-order valence-corrected chi connectivity index (χ1v) is 8.67. The number of halogens is 1. The van der Waals surface area contributed by atoms with E-state index in [1.165, 1.54) is 17.2 Å². The summed E-state index contributed by atoms with van der Waals surface area (Å²) >= 11 is 0. The van der Waals surface area contributed by atoms with Gasteiger partial charge in [-0.05, 0) is 62.1 Å². The number of hydrogen-bond acceptors (Lipinski definition) is 2. The molecule has 1 aliphatic rings. The first kappa shape index (κ1) is 17.3. The van der Waals surface area contributed by atoms with E-state index in [1.807, 2.05) is 0 Å². The van der Waals surface area contributed by atoms with E-state index >= 15 is 0 Å². The van der Waals surface area contributed by atoms with Crippen molar-refractivity contribution >= 4 is 17.4 Å². The third-order valence-electron chi connectivity index (χ3n) is 4.70. The smallest absolute Gasteiger partial charge is 0.321 e. The molecule has 0 unspecified atom stereocenters. The molecule has 0 aromatic heterocycles. The van der Waals surface area contributed by atoms with Gasteiger partial charge in [0.1, 0.15) is 5.82 Å². The first-order valence-electron chi connectivity index (χ1n) is 8.67. The number of benzene rings is 2. The fourth-order valence-electron chi connectivity index (χ4n) is 3.10. The minimum absolute atomic E-state index is 0.197. The summed E-state index contributed by atoms with van der Waals surface area (Å²) in [5.41, 5.74) is 3.80. The Hall–Kier alpha value is -2.56. The maximum atomic E-state index is 13.7. The molecule has 25 heavy (non-hydrogen) atoms. The lowest BCUT2D eigenvalue weighted by Gasteiger charge is -2.33. The Morgan fingerprint density at radius 1 is 1.16 bits per heavy atom. The Labute approximate surface area is 148 Å². The zero-order valence-electron chi connectivity index (χ0n) is 14.7. The molecular formula is C20H24FN3O. The summed E-state index contributed by atoms with van der Waals surface area (Å²) in [5.74, 6) is -0.419. The van der Waals surface area contributed by atoms with Gasteiger partial charge in [0.15, 0.2) is 0 Å². The zero-order chi connectivity index (χ0) is 17.8. The molecule has 2 aromatic rings. The van der Waals surface area contributed by atoms with Crippen LogP contribution in [-0.2, 0) is 0 Å². The molecule has 0 radical (unpaired) electrons. The molecule has 5 heteroatoms. The standard InChI is InChI=1S/C20H24FN3O/c1-14-9-10-16(12-15(14)2)22-17-6-5-11-24(13-17)20(25)23-19-8-4-3-7-18(19)21/h3-4,7-10,12,17,22H,5-6,11,13H2,1-2H3,(H,23,25)/t17-/m1/s1. The highest BCUT2D eigenvalue weighted by Crippen LogP contribution is 2.20. The number of amides is 2. The lowest BCUT2D eigenvalue weighted by molar-refractivity contribution is 0.196. The molecule has 0 bridgehead atoms. The van der Waals surface area contributed by atoms with Gasteiger partial charge in [0, 0.05) is 24.8 Å². The molecule has 4 nitrogen and oxygen atoms in total. The predicted molar refractivity (Wildman–Crippen MR) is 99.6 cm³/mol. The summed E-state index contributed by atoms with van der Waals surface area (Å²) in [5, 5.41) is 6.18. The topological polar surface area (TPSA) is 44.4 Å². The van der Waals surface area contributed by atoms with Crippen molar-refractivity contribution in [3.63, 3.8) is 0 Å². The Morgan fingerprint density at radius 3 is 2.72 bits per heavy atom. The third-order valence-corrected chi connectivity index (χ3v) is 4.70. The Morgan fingerprint density at radius 2 is 1.96 bits per heavy atom. The van der Waals surface area contributed by atoms with E-state index in [4.69, 9.17) is 0 Å². The van der Waals surface area contributed by atoms with Gasteiger partial charge in [-0.3, -0.25) is 0 Å². The van der Waals surface area contributed by atoms with E-state index in [0.717, 1.165) is 18.5 Å². The van der Waals surface area contributed by atoms with E-state index in [2.05, 4.69) is 42.7 Å². The van der Waals surface area contributed by atoms with Gasteiger partial charge in [0.25, 0.3) is 0 Å². The van der Waals surface area contributed by atoms with Gasteiger partial charge in [0.2, 0.25) is 0 Å². The summed E-state index contributed by atoms with van der Waals surface area (Å²) in [4.78, 5) is 14.2. The Bertz CT molecular complexity index is 762. The third kappa shape index (κ3) is 4.29. The van der Waals surface area contributed by atoms with Gasteiger partial charge in [0.05, 0.1) is 5.69 Å². The molecule has 1 aliphatic heterocycles. The molecule has 2 N–H and O–H groups in total. The van der Waals surface area contributed by atoms with Crippen molar-refractivity contribution in [3.8, 4) is 0 Å². The van der Waals surface area contributed by atoms with Crippen LogP contribution in [0.15, 0.2) is 42.5 Å². The van der Waals surface area contributed by atoms with Crippen molar-refractivity contribution in [1.82, 2.24) is 4.90 Å². The van der Waals surface area contributed by atoms with Crippen LogP contribution in [0.2, 0.25) is 0 Å². The minimum Gasteiger partial charge on any atom is -0.381 e. The molecule has 1 saturated heterocycles. The molecule has 0 aliphatic carbocycles. The van der Waals surface area contributed by atoms with E-state index in [0.29, 0.717) is 13.1 Å². The van der Waals surface area contributed by atoms with Crippen molar-refractivity contribution in [3.05, 3.63) is 59.4 Å². The molecule has 0 saturated carbocycles. The van der Waals surface area contributed by atoms with Crippen molar-refractivity contribution in [2.45, 2.75) is 32.7 Å². The number of carbonyl (C=O) groups excluding carboxylic acids is 1. The molecule has 1 heterocycles. The lowest BCUT2D eigenvalue weighted by atomic mass is 10.0. The van der Waals surface area contributed by atoms with Crippen LogP contribution < -0.4 is 10.6 Å². The fraction of sp³-hybridized carbons (Fsp3) is 0.350. The number of nitrogens with one attached hydrogen (secondary N) is 2. The number of aryl methyl sites for hydroxylation is 2. The highest BCUT2D eigenvalue weighted by atomic mass is 19.1. The van der Waals surface area contributed by atoms with Crippen LogP contribution in [-0.4, -0.2) is 30.1 Å². The van der Waals surface area contributed by atoms with Crippen LogP contribution in [0.3, 0.4) is 0 Å².